The third-order valence-electron chi connectivity index (χ3n) is 13.6. The molecule has 68 heavy (non-hydrogen) atoms. The number of fused-ring (bicyclic) bond motifs is 6. The Morgan fingerprint density at radius 2 is 0.676 bits per heavy atom. The van der Waals surface area contributed by atoms with Crippen LogP contribution in [0.3, 0.4) is 0 Å². The summed E-state index contributed by atoms with van der Waals surface area (Å²) in [6, 6.07) is 88.3. The van der Waals surface area contributed by atoms with Crippen molar-refractivity contribution in [2.75, 3.05) is 0 Å². The van der Waals surface area contributed by atoms with Gasteiger partial charge in [-0.2, -0.15) is 0 Å². The van der Waals surface area contributed by atoms with Gasteiger partial charge in [-0.05, 0) is 91.0 Å². The van der Waals surface area contributed by atoms with Gasteiger partial charge in [0.2, 0.25) is 0 Å². The summed E-state index contributed by atoms with van der Waals surface area (Å²) in [7, 11) is 0. The molecule has 2 heterocycles. The SMILES string of the molecule is c1ccc(-c2ccc(-c3nc(-c4cccc(-c5ccccc5)c4)nc(-c4cccc(-c5ccc(C6(c7ccc8c(c7)oc7ccccc78)c7ccccc7-c7ccccc76)cc5)c4)n3)cc2)cc1. The number of benzene rings is 10. The van der Waals surface area contributed by atoms with Gasteiger partial charge in [-0.3, -0.25) is 0 Å². The third-order valence-corrected chi connectivity index (χ3v) is 13.6. The van der Waals surface area contributed by atoms with Crippen LogP contribution in [0, 0.1) is 0 Å². The zero-order chi connectivity index (χ0) is 45.0. The molecule has 10 aromatic carbocycles. The Hall–Kier alpha value is -8.99. The van der Waals surface area contributed by atoms with E-state index in [1.165, 1.54) is 33.4 Å². The molecule has 0 spiro atoms. The van der Waals surface area contributed by atoms with Gasteiger partial charge in [-0.1, -0.05) is 224 Å². The summed E-state index contributed by atoms with van der Waals surface area (Å²) in [5, 5.41) is 2.25. The van der Waals surface area contributed by atoms with Crippen molar-refractivity contribution in [3.8, 4) is 78.7 Å². The van der Waals surface area contributed by atoms with E-state index in [1.807, 2.05) is 24.3 Å². The van der Waals surface area contributed by atoms with Crippen molar-refractivity contribution in [2.45, 2.75) is 5.41 Å². The molecule has 1 aliphatic rings. The maximum Gasteiger partial charge on any atom is 0.164 e. The highest BCUT2D eigenvalue weighted by Gasteiger charge is 2.46. The zero-order valence-corrected chi connectivity index (χ0v) is 36.9. The molecule has 0 saturated carbocycles. The van der Waals surface area contributed by atoms with E-state index in [4.69, 9.17) is 19.4 Å². The second kappa shape index (κ2) is 16.2. The quantitative estimate of drug-likeness (QED) is 0.153. The largest absolute Gasteiger partial charge is 0.456 e. The van der Waals surface area contributed by atoms with Crippen LogP contribution in [0.15, 0.2) is 253 Å². The van der Waals surface area contributed by atoms with Gasteiger partial charge in [0, 0.05) is 27.5 Å². The monoisotopic (exact) mass is 867 g/mol. The average Bonchev–Trinajstić information content (AvgIpc) is 3.95. The first-order valence-corrected chi connectivity index (χ1v) is 23.1. The molecular formula is C64H41N3O. The maximum atomic E-state index is 6.53. The number of furan rings is 1. The first-order chi connectivity index (χ1) is 33.7. The van der Waals surface area contributed by atoms with Crippen molar-refractivity contribution in [1.29, 1.82) is 0 Å². The van der Waals surface area contributed by atoms with Crippen LogP contribution in [0.4, 0.5) is 0 Å². The Balaban J connectivity index is 0.918. The zero-order valence-electron chi connectivity index (χ0n) is 36.9. The molecular weight excluding hydrogens is 827 g/mol. The smallest absolute Gasteiger partial charge is 0.164 e. The molecule has 4 nitrogen and oxygen atoms in total. The lowest BCUT2D eigenvalue weighted by Gasteiger charge is -2.34. The van der Waals surface area contributed by atoms with Crippen LogP contribution in [0.1, 0.15) is 22.3 Å². The molecule has 0 fully saturated rings. The summed E-state index contributed by atoms with van der Waals surface area (Å²) in [5.74, 6) is 1.85. The summed E-state index contributed by atoms with van der Waals surface area (Å²) in [4.78, 5) is 15.5. The lowest BCUT2D eigenvalue weighted by Crippen LogP contribution is -2.28. The summed E-state index contributed by atoms with van der Waals surface area (Å²) in [6.07, 6.45) is 0. The van der Waals surface area contributed by atoms with E-state index in [1.54, 1.807) is 0 Å². The van der Waals surface area contributed by atoms with Crippen molar-refractivity contribution in [3.63, 3.8) is 0 Å². The second-order valence-corrected chi connectivity index (χ2v) is 17.5. The van der Waals surface area contributed by atoms with Crippen molar-refractivity contribution in [1.82, 2.24) is 15.0 Å². The van der Waals surface area contributed by atoms with E-state index in [9.17, 15) is 0 Å². The Bertz CT molecular complexity index is 3790. The molecule has 4 heteroatoms. The highest BCUT2D eigenvalue weighted by molar-refractivity contribution is 6.05. The molecule has 13 rings (SSSR count). The van der Waals surface area contributed by atoms with Crippen LogP contribution in [0.2, 0.25) is 0 Å². The van der Waals surface area contributed by atoms with Gasteiger partial charge >= 0.3 is 0 Å². The second-order valence-electron chi connectivity index (χ2n) is 17.5. The van der Waals surface area contributed by atoms with Crippen LogP contribution in [0.25, 0.3) is 101 Å². The molecule has 0 aliphatic heterocycles. The number of hydrogen-bond donors (Lipinski definition) is 0. The molecule has 0 bridgehead atoms. The molecule has 318 valence electrons. The Labute approximate surface area is 394 Å². The first kappa shape index (κ1) is 39.4. The molecule has 0 N–H and O–H groups in total. The van der Waals surface area contributed by atoms with E-state index in [0.717, 1.165) is 72.0 Å². The van der Waals surface area contributed by atoms with Gasteiger partial charge in [0.05, 0.1) is 5.41 Å². The molecule has 0 radical (unpaired) electrons. The maximum absolute atomic E-state index is 6.53. The number of rotatable bonds is 8. The van der Waals surface area contributed by atoms with Gasteiger partial charge in [0.15, 0.2) is 17.5 Å². The summed E-state index contributed by atoms with van der Waals surface area (Å²) in [5.41, 5.74) is 18.0. The fraction of sp³-hybridized carbons (Fsp3) is 0.0156. The number of aromatic nitrogens is 3. The number of nitrogens with zero attached hydrogens (tertiary/aromatic N) is 3. The van der Waals surface area contributed by atoms with Gasteiger partial charge in [-0.15, -0.1) is 0 Å². The first-order valence-electron chi connectivity index (χ1n) is 23.1. The van der Waals surface area contributed by atoms with Crippen molar-refractivity contribution < 1.29 is 4.42 Å². The van der Waals surface area contributed by atoms with E-state index < -0.39 is 5.41 Å². The van der Waals surface area contributed by atoms with Gasteiger partial charge in [0.25, 0.3) is 0 Å². The molecule has 12 aromatic rings. The Morgan fingerprint density at radius 1 is 0.265 bits per heavy atom. The van der Waals surface area contributed by atoms with Crippen molar-refractivity contribution in [2.24, 2.45) is 0 Å². The van der Waals surface area contributed by atoms with E-state index >= 15 is 0 Å². The summed E-state index contributed by atoms with van der Waals surface area (Å²) in [6.45, 7) is 0. The van der Waals surface area contributed by atoms with Crippen LogP contribution in [-0.4, -0.2) is 15.0 Å². The van der Waals surface area contributed by atoms with Crippen molar-refractivity contribution in [3.05, 3.63) is 271 Å². The summed E-state index contributed by atoms with van der Waals surface area (Å²) < 4.78 is 6.53. The molecule has 0 unspecified atom stereocenters. The van der Waals surface area contributed by atoms with Gasteiger partial charge in [-0.25, -0.2) is 15.0 Å². The fourth-order valence-corrected chi connectivity index (χ4v) is 10.4. The van der Waals surface area contributed by atoms with Crippen LogP contribution in [-0.2, 0) is 5.41 Å². The number of hydrogen-bond acceptors (Lipinski definition) is 4. The lowest BCUT2D eigenvalue weighted by molar-refractivity contribution is 0.665. The minimum Gasteiger partial charge on any atom is -0.456 e. The molecule has 0 atom stereocenters. The average molecular weight is 868 g/mol. The minimum atomic E-state index is -0.574. The molecule has 1 aliphatic carbocycles. The highest BCUT2D eigenvalue weighted by atomic mass is 16.3. The predicted molar refractivity (Wildman–Crippen MR) is 277 cm³/mol. The van der Waals surface area contributed by atoms with E-state index in [2.05, 4.69) is 224 Å². The minimum absolute atomic E-state index is 0.574. The Kier molecular flexibility index (Phi) is 9.36. The van der Waals surface area contributed by atoms with Crippen LogP contribution < -0.4 is 0 Å². The molecule has 0 amide bonds. The third kappa shape index (κ3) is 6.57. The molecule has 2 aromatic heterocycles. The molecule has 0 saturated heterocycles. The van der Waals surface area contributed by atoms with E-state index in [-0.39, 0.29) is 0 Å². The topological polar surface area (TPSA) is 51.8 Å². The van der Waals surface area contributed by atoms with Gasteiger partial charge < -0.3 is 4.42 Å². The normalized spacial score (nSPS) is 12.5. The standard InChI is InChI=1S/C64H41N3O/c1-3-15-42(16-4-1)44-29-31-46(32-30-44)61-65-62(49-21-13-19-47(39-49)43-17-5-2-6-18-43)67-63(66-61)50-22-14-20-48(40-50)45-33-35-51(36-34-45)64(57-26-10-7-23-53(57)54-24-8-11-27-58(54)64)52-37-38-56-55-25-9-12-28-59(55)68-60(56)41-52/h1-41H. The van der Waals surface area contributed by atoms with Crippen LogP contribution >= 0.6 is 0 Å². The Morgan fingerprint density at radius 3 is 1.29 bits per heavy atom. The van der Waals surface area contributed by atoms with Crippen LogP contribution in [0.5, 0.6) is 0 Å². The fourth-order valence-electron chi connectivity index (χ4n) is 10.4. The lowest BCUT2D eigenvalue weighted by atomic mass is 9.67. The van der Waals surface area contributed by atoms with Crippen molar-refractivity contribution >= 4 is 21.9 Å². The highest BCUT2D eigenvalue weighted by Crippen LogP contribution is 2.56. The predicted octanol–water partition coefficient (Wildman–Crippen LogP) is 16.1. The van der Waals surface area contributed by atoms with Gasteiger partial charge in [0.1, 0.15) is 11.2 Å². The summed E-state index contributed by atoms with van der Waals surface area (Å²) >= 11 is 0. The number of para-hydroxylation sites is 1. The van der Waals surface area contributed by atoms with E-state index in [0.29, 0.717) is 17.5 Å².